The van der Waals surface area contributed by atoms with Crippen molar-refractivity contribution in [3.8, 4) is 11.8 Å². The van der Waals surface area contributed by atoms with E-state index in [-0.39, 0.29) is 11.4 Å². The van der Waals surface area contributed by atoms with Crippen LogP contribution in [0.3, 0.4) is 0 Å². The van der Waals surface area contributed by atoms with E-state index in [9.17, 15) is 14.4 Å². The van der Waals surface area contributed by atoms with Gasteiger partial charge in [-0.15, -0.1) is 0 Å². The molecule has 5 heteroatoms. The zero-order chi connectivity index (χ0) is 19.8. The molecule has 1 amide bonds. The van der Waals surface area contributed by atoms with Gasteiger partial charge in [-0.1, -0.05) is 42.5 Å². The van der Waals surface area contributed by atoms with E-state index in [1.807, 2.05) is 36.4 Å². The Morgan fingerprint density at radius 3 is 2.32 bits per heavy atom. The highest BCUT2D eigenvalue weighted by Crippen LogP contribution is 2.18. The number of carbonyl (C=O) groups excluding carboxylic acids is 1. The third kappa shape index (κ3) is 5.29. The molecule has 0 aliphatic carbocycles. The summed E-state index contributed by atoms with van der Waals surface area (Å²) in [4.78, 5) is 12.3. The molecule has 28 heavy (non-hydrogen) atoms. The first kappa shape index (κ1) is 18.9. The minimum absolute atomic E-state index is 0.0731. The fourth-order valence-corrected chi connectivity index (χ4v) is 2.45. The van der Waals surface area contributed by atoms with Gasteiger partial charge in [-0.25, -0.2) is 4.39 Å². The van der Waals surface area contributed by atoms with Crippen LogP contribution in [0.4, 0.5) is 10.1 Å². The zero-order valence-corrected chi connectivity index (χ0v) is 14.9. The van der Waals surface area contributed by atoms with Gasteiger partial charge in [-0.2, -0.15) is 5.26 Å². The number of amides is 1. The summed E-state index contributed by atoms with van der Waals surface area (Å²) >= 11 is 0. The molecule has 0 unspecified atom stereocenters. The summed E-state index contributed by atoms with van der Waals surface area (Å²) in [6, 6.07) is 24.1. The Kier molecular flexibility index (Phi) is 6.17. The van der Waals surface area contributed by atoms with E-state index in [0.29, 0.717) is 23.6 Å². The quantitative estimate of drug-likeness (QED) is 0.492. The molecule has 0 heterocycles. The molecule has 138 valence electrons. The third-order valence-electron chi connectivity index (χ3n) is 3.91. The summed E-state index contributed by atoms with van der Waals surface area (Å²) in [5.74, 6) is -0.247. The average Bonchev–Trinajstić information content (AvgIpc) is 2.73. The largest absolute Gasteiger partial charge is 0.489 e. The van der Waals surface area contributed by atoms with Crippen molar-refractivity contribution < 1.29 is 13.9 Å². The second kappa shape index (κ2) is 9.15. The van der Waals surface area contributed by atoms with E-state index in [0.717, 1.165) is 5.56 Å². The number of nitriles is 1. The Morgan fingerprint density at radius 1 is 1.00 bits per heavy atom. The predicted octanol–water partition coefficient (Wildman–Crippen LogP) is 4.95. The van der Waals surface area contributed by atoms with Gasteiger partial charge in [0.2, 0.25) is 0 Å². The summed E-state index contributed by atoms with van der Waals surface area (Å²) in [6.45, 7) is 0.450. The van der Waals surface area contributed by atoms with Gasteiger partial charge in [-0.05, 0) is 53.6 Å². The van der Waals surface area contributed by atoms with Crippen LogP contribution >= 0.6 is 0 Å². The summed E-state index contributed by atoms with van der Waals surface area (Å²) < 4.78 is 18.7. The number of halogens is 1. The van der Waals surface area contributed by atoms with Crippen LogP contribution in [0.1, 0.15) is 11.1 Å². The van der Waals surface area contributed by atoms with Crippen LogP contribution in [0.25, 0.3) is 6.08 Å². The Balaban J connectivity index is 1.61. The molecule has 0 aromatic heterocycles. The second-order valence-corrected chi connectivity index (χ2v) is 5.97. The minimum atomic E-state index is -0.537. The summed E-state index contributed by atoms with van der Waals surface area (Å²) in [7, 11) is 0. The van der Waals surface area contributed by atoms with Crippen LogP contribution < -0.4 is 10.1 Å². The van der Waals surface area contributed by atoms with Crippen LogP contribution in [-0.4, -0.2) is 5.91 Å². The van der Waals surface area contributed by atoms with Crippen molar-refractivity contribution in [2.75, 3.05) is 5.32 Å². The number of nitrogens with one attached hydrogen (secondary N) is 1. The summed E-state index contributed by atoms with van der Waals surface area (Å²) in [6.07, 6.45) is 1.41. The first-order valence-electron chi connectivity index (χ1n) is 8.59. The van der Waals surface area contributed by atoms with Crippen molar-refractivity contribution >= 4 is 17.7 Å². The number of nitrogens with zero attached hydrogens (tertiary/aromatic N) is 1. The topological polar surface area (TPSA) is 62.1 Å². The monoisotopic (exact) mass is 372 g/mol. The fraction of sp³-hybridized carbons (Fsp3) is 0.0435. The number of anilines is 1. The number of hydrogen-bond acceptors (Lipinski definition) is 3. The number of benzene rings is 3. The molecule has 0 saturated carbocycles. The predicted molar refractivity (Wildman–Crippen MR) is 106 cm³/mol. The molecule has 4 nitrogen and oxygen atoms in total. The van der Waals surface area contributed by atoms with Gasteiger partial charge in [0.25, 0.3) is 5.91 Å². The number of rotatable bonds is 6. The smallest absolute Gasteiger partial charge is 0.266 e. The van der Waals surface area contributed by atoms with E-state index in [2.05, 4.69) is 5.32 Å². The van der Waals surface area contributed by atoms with Crippen molar-refractivity contribution in [1.82, 2.24) is 0 Å². The molecule has 3 rings (SSSR count). The van der Waals surface area contributed by atoms with E-state index >= 15 is 0 Å². The number of hydrogen-bond donors (Lipinski definition) is 1. The molecule has 0 fully saturated rings. The molecule has 3 aromatic carbocycles. The average molecular weight is 372 g/mol. The van der Waals surface area contributed by atoms with Gasteiger partial charge in [0, 0.05) is 5.69 Å². The van der Waals surface area contributed by atoms with Crippen molar-refractivity contribution in [2.24, 2.45) is 0 Å². The van der Waals surface area contributed by atoms with Crippen molar-refractivity contribution in [2.45, 2.75) is 6.61 Å². The summed E-state index contributed by atoms with van der Waals surface area (Å²) in [5, 5.41) is 11.9. The first-order chi connectivity index (χ1) is 13.6. The van der Waals surface area contributed by atoms with Crippen LogP contribution in [0.5, 0.6) is 5.75 Å². The Morgan fingerprint density at radius 2 is 1.68 bits per heavy atom. The SMILES string of the molecule is N#C/C(=C\c1ccc(F)cc1)C(=O)Nc1ccc(OCc2ccccc2)cc1. The molecule has 0 radical (unpaired) electrons. The van der Waals surface area contributed by atoms with Gasteiger partial charge >= 0.3 is 0 Å². The minimum Gasteiger partial charge on any atom is -0.489 e. The maximum atomic E-state index is 13.0. The van der Waals surface area contributed by atoms with Crippen molar-refractivity contribution in [1.29, 1.82) is 5.26 Å². The number of carbonyl (C=O) groups is 1. The molecule has 0 saturated heterocycles. The lowest BCUT2D eigenvalue weighted by Gasteiger charge is -2.08. The molecule has 0 bridgehead atoms. The normalized spacial score (nSPS) is 10.8. The van der Waals surface area contributed by atoms with Gasteiger partial charge in [-0.3, -0.25) is 4.79 Å². The maximum Gasteiger partial charge on any atom is 0.266 e. The molecule has 3 aromatic rings. The Hall–Kier alpha value is -3.91. The van der Waals surface area contributed by atoms with Crippen LogP contribution in [0.15, 0.2) is 84.4 Å². The van der Waals surface area contributed by atoms with E-state index < -0.39 is 5.91 Å². The zero-order valence-electron chi connectivity index (χ0n) is 14.9. The molecular weight excluding hydrogens is 355 g/mol. The van der Waals surface area contributed by atoms with Crippen molar-refractivity contribution in [3.05, 3.63) is 101 Å². The van der Waals surface area contributed by atoms with Gasteiger partial charge in [0.05, 0.1) is 0 Å². The molecule has 0 atom stereocenters. The lowest BCUT2D eigenvalue weighted by atomic mass is 10.1. The van der Waals surface area contributed by atoms with Crippen LogP contribution in [0.2, 0.25) is 0 Å². The van der Waals surface area contributed by atoms with Gasteiger partial charge in [0.15, 0.2) is 0 Å². The van der Waals surface area contributed by atoms with E-state index in [4.69, 9.17) is 4.74 Å². The van der Waals surface area contributed by atoms with Crippen LogP contribution in [0, 0.1) is 17.1 Å². The van der Waals surface area contributed by atoms with Crippen LogP contribution in [-0.2, 0) is 11.4 Å². The molecular formula is C23H17FN2O2. The Labute approximate surface area is 162 Å². The lowest BCUT2D eigenvalue weighted by molar-refractivity contribution is -0.112. The third-order valence-corrected chi connectivity index (χ3v) is 3.91. The van der Waals surface area contributed by atoms with E-state index in [1.54, 1.807) is 24.3 Å². The summed E-state index contributed by atoms with van der Waals surface area (Å²) in [5.41, 5.74) is 2.09. The van der Waals surface area contributed by atoms with Gasteiger partial charge < -0.3 is 10.1 Å². The van der Waals surface area contributed by atoms with Gasteiger partial charge in [0.1, 0.15) is 29.8 Å². The number of ether oxygens (including phenoxy) is 1. The van der Waals surface area contributed by atoms with E-state index in [1.165, 1.54) is 30.3 Å². The first-order valence-corrected chi connectivity index (χ1v) is 8.59. The lowest BCUT2D eigenvalue weighted by Crippen LogP contribution is -2.13. The molecule has 0 aliphatic rings. The second-order valence-electron chi connectivity index (χ2n) is 5.97. The molecule has 0 spiro atoms. The molecule has 0 aliphatic heterocycles. The highest BCUT2D eigenvalue weighted by molar-refractivity contribution is 6.09. The maximum absolute atomic E-state index is 13.0. The fourth-order valence-electron chi connectivity index (χ4n) is 2.45. The van der Waals surface area contributed by atoms with Crippen molar-refractivity contribution in [3.63, 3.8) is 0 Å². The molecule has 1 N–H and O–H groups in total. The Bertz CT molecular complexity index is 1010. The standard InChI is InChI=1S/C23H17FN2O2/c24-20-8-6-17(7-9-20)14-19(15-25)23(27)26-21-10-12-22(13-11-21)28-16-18-4-2-1-3-5-18/h1-14H,16H2,(H,26,27)/b19-14+. The highest BCUT2D eigenvalue weighted by atomic mass is 19.1. The highest BCUT2D eigenvalue weighted by Gasteiger charge is 2.10.